The number of hydrogen-bond donors (Lipinski definition) is 2. The Morgan fingerprint density at radius 3 is 2.57 bits per heavy atom. The number of nitrogens with zero attached hydrogens (tertiary/aromatic N) is 2. The minimum absolute atomic E-state index is 0.200. The smallest absolute Gasteiger partial charge is 0.328 e. The fourth-order valence-electron chi connectivity index (χ4n) is 1.74. The number of hydrogen-bond acceptors (Lipinski definition) is 3. The Morgan fingerprint density at radius 2 is 2.00 bits per heavy atom. The van der Waals surface area contributed by atoms with E-state index in [0.29, 0.717) is 12.1 Å². The highest BCUT2D eigenvalue weighted by atomic mass is 16.4. The van der Waals surface area contributed by atoms with Crippen LogP contribution in [-0.4, -0.2) is 26.8 Å². The van der Waals surface area contributed by atoms with Crippen LogP contribution < -0.4 is 5.32 Å². The maximum atomic E-state index is 11.9. The third-order valence-corrected chi connectivity index (χ3v) is 2.79. The molecule has 1 aromatic carbocycles. The van der Waals surface area contributed by atoms with E-state index in [-0.39, 0.29) is 5.91 Å². The molecule has 0 aliphatic heterocycles. The van der Waals surface area contributed by atoms with Gasteiger partial charge in [-0.25, -0.2) is 4.79 Å². The van der Waals surface area contributed by atoms with E-state index in [1.54, 1.807) is 28.9 Å². The lowest BCUT2D eigenvalue weighted by Crippen LogP contribution is -2.23. The fraction of sp³-hybridized carbons (Fsp3) is 0.133. The molecular weight excluding hydrogens is 270 g/mol. The molecule has 6 heteroatoms. The van der Waals surface area contributed by atoms with Crippen LogP contribution in [0.15, 0.2) is 42.6 Å². The summed E-state index contributed by atoms with van der Waals surface area (Å²) in [6, 6.07) is 8.51. The monoisotopic (exact) mass is 285 g/mol. The third kappa shape index (κ3) is 4.31. The number of rotatable bonds is 5. The van der Waals surface area contributed by atoms with Gasteiger partial charge in [-0.15, -0.1) is 0 Å². The van der Waals surface area contributed by atoms with Gasteiger partial charge in [0.15, 0.2) is 0 Å². The lowest BCUT2D eigenvalue weighted by Gasteiger charge is -2.03. The van der Waals surface area contributed by atoms with Gasteiger partial charge in [0, 0.05) is 24.9 Å². The summed E-state index contributed by atoms with van der Waals surface area (Å²) in [6.45, 7) is 0.361. The summed E-state index contributed by atoms with van der Waals surface area (Å²) in [4.78, 5) is 22.4. The first-order chi connectivity index (χ1) is 10.0. The molecule has 0 saturated heterocycles. The SMILES string of the molecule is Cn1ccc(CNC(=O)c2ccc(/C=C/C(=O)O)cc2)n1. The first-order valence-electron chi connectivity index (χ1n) is 6.32. The zero-order chi connectivity index (χ0) is 15.2. The Balaban J connectivity index is 1.95. The van der Waals surface area contributed by atoms with Gasteiger partial charge in [-0.2, -0.15) is 5.10 Å². The van der Waals surface area contributed by atoms with Crippen molar-refractivity contribution in [2.75, 3.05) is 0 Å². The van der Waals surface area contributed by atoms with Crippen LogP contribution in [0.4, 0.5) is 0 Å². The van der Waals surface area contributed by atoms with Gasteiger partial charge in [-0.05, 0) is 29.8 Å². The Hall–Kier alpha value is -2.89. The fourth-order valence-corrected chi connectivity index (χ4v) is 1.74. The van der Waals surface area contributed by atoms with Gasteiger partial charge >= 0.3 is 5.97 Å². The number of carbonyl (C=O) groups is 2. The van der Waals surface area contributed by atoms with Gasteiger partial charge in [0.1, 0.15) is 0 Å². The summed E-state index contributed by atoms with van der Waals surface area (Å²) < 4.78 is 1.67. The van der Waals surface area contributed by atoms with Crippen molar-refractivity contribution in [2.45, 2.75) is 6.54 Å². The molecular formula is C15H15N3O3. The van der Waals surface area contributed by atoms with Crippen molar-refractivity contribution < 1.29 is 14.7 Å². The number of aliphatic carboxylic acids is 1. The van der Waals surface area contributed by atoms with Crippen LogP contribution in [0.5, 0.6) is 0 Å². The van der Waals surface area contributed by atoms with Gasteiger partial charge in [-0.1, -0.05) is 12.1 Å². The molecule has 2 aromatic rings. The standard InChI is InChI=1S/C15H15N3O3/c1-18-9-8-13(17-18)10-16-15(21)12-5-2-11(3-6-12)4-7-14(19)20/h2-9H,10H2,1H3,(H,16,21)(H,19,20)/b7-4+. The molecule has 0 spiro atoms. The van der Waals surface area contributed by atoms with Crippen LogP contribution in [-0.2, 0) is 18.4 Å². The van der Waals surface area contributed by atoms with E-state index in [0.717, 1.165) is 17.3 Å². The highest BCUT2D eigenvalue weighted by molar-refractivity contribution is 5.94. The summed E-state index contributed by atoms with van der Waals surface area (Å²) in [7, 11) is 1.81. The van der Waals surface area contributed by atoms with Crippen molar-refractivity contribution in [3.8, 4) is 0 Å². The largest absolute Gasteiger partial charge is 0.478 e. The number of benzene rings is 1. The van der Waals surface area contributed by atoms with Crippen molar-refractivity contribution in [2.24, 2.45) is 7.05 Å². The molecule has 2 rings (SSSR count). The molecule has 0 fully saturated rings. The molecule has 0 atom stereocenters. The van der Waals surface area contributed by atoms with Crippen LogP contribution in [0.1, 0.15) is 21.6 Å². The number of carbonyl (C=O) groups excluding carboxylic acids is 1. The maximum Gasteiger partial charge on any atom is 0.328 e. The molecule has 21 heavy (non-hydrogen) atoms. The van der Waals surface area contributed by atoms with Gasteiger partial charge in [0.05, 0.1) is 12.2 Å². The summed E-state index contributed by atoms with van der Waals surface area (Å²) in [5.74, 6) is -1.21. The number of aromatic nitrogens is 2. The average Bonchev–Trinajstić information content (AvgIpc) is 2.89. The average molecular weight is 285 g/mol. The zero-order valence-electron chi connectivity index (χ0n) is 11.5. The second-order valence-corrected chi connectivity index (χ2v) is 4.46. The van der Waals surface area contributed by atoms with Crippen molar-refractivity contribution in [3.63, 3.8) is 0 Å². The minimum Gasteiger partial charge on any atom is -0.478 e. The Labute approximate surface area is 121 Å². The summed E-state index contributed by atoms with van der Waals surface area (Å²) in [5, 5.41) is 15.5. The molecule has 0 bridgehead atoms. The molecule has 6 nitrogen and oxygen atoms in total. The highest BCUT2D eigenvalue weighted by Gasteiger charge is 2.05. The Bertz CT molecular complexity index is 672. The van der Waals surface area contributed by atoms with Crippen molar-refractivity contribution in [1.29, 1.82) is 0 Å². The molecule has 0 saturated carbocycles. The molecule has 1 amide bonds. The number of nitrogens with one attached hydrogen (secondary N) is 1. The summed E-state index contributed by atoms with van der Waals surface area (Å²) in [6.07, 6.45) is 4.33. The number of amides is 1. The van der Waals surface area contributed by atoms with E-state index in [2.05, 4.69) is 10.4 Å². The lowest BCUT2D eigenvalue weighted by molar-refractivity contribution is -0.131. The predicted octanol–water partition coefficient (Wildman–Crippen LogP) is 1.45. The minimum atomic E-state index is -1.01. The van der Waals surface area contributed by atoms with Gasteiger partial charge in [-0.3, -0.25) is 9.48 Å². The van der Waals surface area contributed by atoms with E-state index >= 15 is 0 Å². The van der Waals surface area contributed by atoms with Crippen LogP contribution in [0.25, 0.3) is 6.08 Å². The molecule has 1 heterocycles. The molecule has 0 unspecified atom stereocenters. The van der Waals surface area contributed by atoms with E-state index in [1.807, 2.05) is 19.3 Å². The molecule has 0 aliphatic carbocycles. The first kappa shape index (κ1) is 14.5. The van der Waals surface area contributed by atoms with Crippen LogP contribution in [0.2, 0.25) is 0 Å². The Kier molecular flexibility index (Phi) is 4.50. The molecule has 0 radical (unpaired) electrons. The van der Waals surface area contributed by atoms with Crippen molar-refractivity contribution >= 4 is 18.0 Å². The molecule has 108 valence electrons. The number of aryl methyl sites for hydroxylation is 1. The Morgan fingerprint density at radius 1 is 1.29 bits per heavy atom. The van der Waals surface area contributed by atoms with Gasteiger partial charge < -0.3 is 10.4 Å². The van der Waals surface area contributed by atoms with E-state index < -0.39 is 5.97 Å². The highest BCUT2D eigenvalue weighted by Crippen LogP contribution is 2.06. The van der Waals surface area contributed by atoms with E-state index in [4.69, 9.17) is 5.11 Å². The first-order valence-corrected chi connectivity index (χ1v) is 6.32. The zero-order valence-corrected chi connectivity index (χ0v) is 11.5. The molecule has 0 aliphatic rings. The normalized spacial score (nSPS) is 10.7. The van der Waals surface area contributed by atoms with E-state index in [9.17, 15) is 9.59 Å². The van der Waals surface area contributed by atoms with Crippen LogP contribution >= 0.6 is 0 Å². The summed E-state index contributed by atoms with van der Waals surface area (Å²) >= 11 is 0. The van der Waals surface area contributed by atoms with Gasteiger partial charge in [0.25, 0.3) is 5.91 Å². The summed E-state index contributed by atoms with van der Waals surface area (Å²) in [5.41, 5.74) is 2.02. The van der Waals surface area contributed by atoms with Crippen molar-refractivity contribution in [1.82, 2.24) is 15.1 Å². The second-order valence-electron chi connectivity index (χ2n) is 4.46. The molecule has 2 N–H and O–H groups in total. The van der Waals surface area contributed by atoms with E-state index in [1.165, 1.54) is 6.08 Å². The topological polar surface area (TPSA) is 84.2 Å². The molecule has 1 aromatic heterocycles. The number of carboxylic acid groups (broad SMARTS) is 1. The second kappa shape index (κ2) is 6.51. The van der Waals surface area contributed by atoms with Crippen LogP contribution in [0, 0.1) is 0 Å². The third-order valence-electron chi connectivity index (χ3n) is 2.79. The van der Waals surface area contributed by atoms with Crippen LogP contribution in [0.3, 0.4) is 0 Å². The number of carboxylic acids is 1. The maximum absolute atomic E-state index is 11.9. The lowest BCUT2D eigenvalue weighted by atomic mass is 10.1. The quantitative estimate of drug-likeness (QED) is 0.814. The predicted molar refractivity (Wildman–Crippen MR) is 77.5 cm³/mol. The van der Waals surface area contributed by atoms with Crippen molar-refractivity contribution in [3.05, 3.63) is 59.4 Å². The van der Waals surface area contributed by atoms with Gasteiger partial charge in [0.2, 0.25) is 0 Å².